The maximum absolute atomic E-state index is 13.0. The largest absolute Gasteiger partial charge is 0.373 e. The zero-order chi connectivity index (χ0) is 27.7. The van der Waals surface area contributed by atoms with E-state index in [4.69, 9.17) is 5.26 Å². The summed E-state index contributed by atoms with van der Waals surface area (Å²) in [6.45, 7) is 2.41. The van der Waals surface area contributed by atoms with Gasteiger partial charge in [-0.25, -0.2) is 4.98 Å². The molecule has 0 bridgehead atoms. The molecule has 1 saturated carbocycles. The second-order valence-corrected chi connectivity index (χ2v) is 9.92. The van der Waals surface area contributed by atoms with Gasteiger partial charge in [0.1, 0.15) is 11.9 Å². The molecule has 1 aromatic carbocycles. The zero-order valence-electron chi connectivity index (χ0n) is 22.9. The number of rotatable bonds is 10. The predicted molar refractivity (Wildman–Crippen MR) is 149 cm³/mol. The van der Waals surface area contributed by atoms with Gasteiger partial charge >= 0.3 is 0 Å². The van der Waals surface area contributed by atoms with E-state index in [1.54, 1.807) is 32.2 Å². The summed E-state index contributed by atoms with van der Waals surface area (Å²) in [5.41, 5.74) is 2.40. The Kier molecular flexibility index (Phi) is 10.2. The first-order chi connectivity index (χ1) is 18.2. The minimum atomic E-state index is -0.573. The molecule has 2 amide bonds. The number of amides is 2. The molecule has 202 valence electrons. The molecule has 38 heavy (non-hydrogen) atoms. The Morgan fingerprint density at radius 1 is 1.21 bits per heavy atom. The lowest BCUT2D eigenvalue weighted by atomic mass is 9.81. The lowest BCUT2D eigenvalue weighted by Gasteiger charge is -2.32. The Bertz CT molecular complexity index is 1170. The summed E-state index contributed by atoms with van der Waals surface area (Å²) in [5.74, 6) is 1.06. The van der Waals surface area contributed by atoms with Gasteiger partial charge in [0.15, 0.2) is 0 Å². The summed E-state index contributed by atoms with van der Waals surface area (Å²) < 4.78 is 0. The van der Waals surface area contributed by atoms with Crippen LogP contribution in [0.5, 0.6) is 0 Å². The smallest absolute Gasteiger partial charge is 0.246 e. The molecule has 3 rings (SSSR count). The molecular weight excluding hydrogens is 480 g/mol. The Labute approximate surface area is 225 Å². The Morgan fingerprint density at radius 2 is 1.95 bits per heavy atom. The normalized spacial score (nSPS) is 18.0. The third kappa shape index (κ3) is 7.76. The Hall–Kier alpha value is -3.97. The van der Waals surface area contributed by atoms with E-state index in [2.05, 4.69) is 32.0 Å². The number of likely N-dealkylation sites (N-methyl/N-ethyl adjacent to an activating group) is 2. The van der Waals surface area contributed by atoms with Crippen LogP contribution in [0.4, 0.5) is 17.5 Å². The number of nitriles is 1. The first kappa shape index (κ1) is 28.6. The van der Waals surface area contributed by atoms with Gasteiger partial charge in [-0.3, -0.25) is 9.59 Å². The van der Waals surface area contributed by atoms with Crippen molar-refractivity contribution in [2.24, 2.45) is 0 Å². The first-order valence-corrected chi connectivity index (χ1v) is 12.9. The molecular formula is C28H38N8O2. The number of anilines is 3. The molecule has 1 aliphatic carbocycles. The molecule has 0 unspecified atom stereocenters. The lowest BCUT2D eigenvalue weighted by molar-refractivity contribution is -0.135. The molecule has 1 aliphatic rings. The molecule has 10 heteroatoms. The fraction of sp³-hybridized carbons (Fsp3) is 0.464. The molecule has 3 N–H and O–H groups in total. The highest BCUT2D eigenvalue weighted by Crippen LogP contribution is 2.36. The summed E-state index contributed by atoms with van der Waals surface area (Å²) in [6, 6.07) is 8.65. The molecule has 1 heterocycles. The summed E-state index contributed by atoms with van der Waals surface area (Å²) >= 11 is 0. The zero-order valence-corrected chi connectivity index (χ0v) is 22.9. The van der Waals surface area contributed by atoms with E-state index in [0.717, 1.165) is 42.8 Å². The van der Waals surface area contributed by atoms with Crippen LogP contribution in [0.1, 0.15) is 49.7 Å². The number of nitrogens with one attached hydrogen (secondary N) is 3. The molecule has 3 atom stereocenters. The number of carbonyl (C=O) groups excluding carboxylic acids is 2. The molecule has 0 saturated heterocycles. The van der Waals surface area contributed by atoms with Crippen LogP contribution in [0.2, 0.25) is 0 Å². The van der Waals surface area contributed by atoms with E-state index in [0.29, 0.717) is 18.1 Å². The molecule has 0 aliphatic heterocycles. The maximum atomic E-state index is 13.0. The van der Waals surface area contributed by atoms with Gasteiger partial charge in [-0.2, -0.15) is 10.2 Å². The third-order valence-electron chi connectivity index (χ3n) is 6.82. The van der Waals surface area contributed by atoms with Crippen molar-refractivity contribution in [3.05, 3.63) is 53.7 Å². The molecule has 1 fully saturated rings. The van der Waals surface area contributed by atoms with Gasteiger partial charge in [0, 0.05) is 50.2 Å². The van der Waals surface area contributed by atoms with Crippen molar-refractivity contribution in [1.29, 1.82) is 5.26 Å². The number of nitrogens with zero attached hydrogens (tertiary/aromatic N) is 5. The second-order valence-electron chi connectivity index (χ2n) is 9.92. The minimum Gasteiger partial charge on any atom is -0.373 e. The Balaban J connectivity index is 1.61. The standard InChI is InChI=1S/C28H38N8O2/c1-19(36(5)25(37)10-7-15-35(3)4)27(38)32-23-9-6-8-21(16-23)24-18-31-28(34-26(24)30-2)33-22-13-11-20(17-29)12-14-22/h7,10-14,18-19,21,23H,6,8-9,15-16H2,1-5H3,(H,32,38)(H2,30,31,33,34)/b10-7+/t19-,21+,23-/m0/s1. The lowest BCUT2D eigenvalue weighted by Crippen LogP contribution is -2.49. The molecule has 10 nitrogen and oxygen atoms in total. The number of carbonyl (C=O) groups is 2. The van der Waals surface area contributed by atoms with E-state index in [-0.39, 0.29) is 23.8 Å². The topological polar surface area (TPSA) is 126 Å². The monoisotopic (exact) mass is 518 g/mol. The van der Waals surface area contributed by atoms with Crippen LogP contribution in [0.3, 0.4) is 0 Å². The molecule has 0 radical (unpaired) electrons. The van der Waals surface area contributed by atoms with E-state index in [1.807, 2.05) is 44.4 Å². The van der Waals surface area contributed by atoms with E-state index < -0.39 is 6.04 Å². The SMILES string of the molecule is CNc1nc(Nc2ccc(C#N)cc2)ncc1[C@@H]1CCC[C@H](NC(=O)[C@H](C)N(C)C(=O)/C=C/CN(C)C)C1. The summed E-state index contributed by atoms with van der Waals surface area (Å²) in [5, 5.41) is 18.5. The van der Waals surface area contributed by atoms with Gasteiger partial charge < -0.3 is 25.8 Å². The quantitative estimate of drug-likeness (QED) is 0.409. The van der Waals surface area contributed by atoms with Crippen molar-refractivity contribution < 1.29 is 9.59 Å². The molecule has 0 spiro atoms. The van der Waals surface area contributed by atoms with Crippen molar-refractivity contribution in [1.82, 2.24) is 25.1 Å². The van der Waals surface area contributed by atoms with Gasteiger partial charge in [0.05, 0.1) is 11.6 Å². The number of hydrogen-bond acceptors (Lipinski definition) is 8. The van der Waals surface area contributed by atoms with Gasteiger partial charge in [0.25, 0.3) is 0 Å². The van der Waals surface area contributed by atoms with Crippen molar-refractivity contribution in [3.8, 4) is 6.07 Å². The van der Waals surface area contributed by atoms with Crippen LogP contribution < -0.4 is 16.0 Å². The number of aromatic nitrogens is 2. The highest BCUT2D eigenvalue weighted by Gasteiger charge is 2.29. The van der Waals surface area contributed by atoms with Crippen LogP contribution in [0, 0.1) is 11.3 Å². The predicted octanol–water partition coefficient (Wildman–Crippen LogP) is 3.24. The van der Waals surface area contributed by atoms with Gasteiger partial charge in [-0.05, 0) is 70.5 Å². The fourth-order valence-electron chi connectivity index (χ4n) is 4.48. The third-order valence-corrected chi connectivity index (χ3v) is 6.82. The van der Waals surface area contributed by atoms with E-state index in [1.165, 1.54) is 11.0 Å². The first-order valence-electron chi connectivity index (χ1n) is 12.9. The minimum absolute atomic E-state index is 0.0117. The van der Waals surface area contributed by atoms with Crippen LogP contribution in [0.25, 0.3) is 0 Å². The van der Waals surface area contributed by atoms with Crippen LogP contribution in [0.15, 0.2) is 42.6 Å². The highest BCUT2D eigenvalue weighted by atomic mass is 16.2. The highest BCUT2D eigenvalue weighted by molar-refractivity contribution is 5.92. The molecule has 1 aromatic heterocycles. The molecule has 2 aromatic rings. The van der Waals surface area contributed by atoms with Crippen LogP contribution >= 0.6 is 0 Å². The van der Waals surface area contributed by atoms with Crippen molar-refractivity contribution >= 4 is 29.3 Å². The maximum Gasteiger partial charge on any atom is 0.246 e. The van der Waals surface area contributed by atoms with Crippen molar-refractivity contribution in [3.63, 3.8) is 0 Å². The second kappa shape index (κ2) is 13.5. The van der Waals surface area contributed by atoms with Crippen molar-refractivity contribution in [2.75, 3.05) is 45.4 Å². The van der Waals surface area contributed by atoms with Crippen LogP contribution in [-0.4, -0.2) is 78.4 Å². The summed E-state index contributed by atoms with van der Waals surface area (Å²) in [6.07, 6.45) is 8.77. The summed E-state index contributed by atoms with van der Waals surface area (Å²) in [4.78, 5) is 38.0. The number of hydrogen-bond donors (Lipinski definition) is 3. The summed E-state index contributed by atoms with van der Waals surface area (Å²) in [7, 11) is 7.35. The van der Waals surface area contributed by atoms with E-state index >= 15 is 0 Å². The van der Waals surface area contributed by atoms with Crippen molar-refractivity contribution in [2.45, 2.75) is 50.6 Å². The van der Waals surface area contributed by atoms with Crippen LogP contribution in [-0.2, 0) is 9.59 Å². The average molecular weight is 519 g/mol. The Morgan fingerprint density at radius 3 is 2.61 bits per heavy atom. The van der Waals surface area contributed by atoms with Gasteiger partial charge in [0.2, 0.25) is 17.8 Å². The fourth-order valence-corrected chi connectivity index (χ4v) is 4.48. The van der Waals surface area contributed by atoms with Gasteiger partial charge in [-0.15, -0.1) is 0 Å². The number of benzene rings is 1. The van der Waals surface area contributed by atoms with E-state index in [9.17, 15) is 9.59 Å². The van der Waals surface area contributed by atoms with Gasteiger partial charge in [-0.1, -0.05) is 12.5 Å². The average Bonchev–Trinajstić information content (AvgIpc) is 2.92.